The number of nitrogens with one attached hydrogen (secondary N) is 1. The molecule has 0 radical (unpaired) electrons. The van der Waals surface area contributed by atoms with Gasteiger partial charge in [0.15, 0.2) is 0 Å². The molecule has 0 bridgehead atoms. The largest absolute Gasteiger partial charge is 0.496 e. The molecule has 0 aliphatic carbocycles. The third-order valence-corrected chi connectivity index (χ3v) is 4.93. The van der Waals surface area contributed by atoms with E-state index in [2.05, 4.69) is 29.0 Å². The molecule has 2 heterocycles. The van der Waals surface area contributed by atoms with Gasteiger partial charge < -0.3 is 14.2 Å². The average Bonchev–Trinajstić information content (AvgIpc) is 3.23. The summed E-state index contributed by atoms with van der Waals surface area (Å²) in [4.78, 5) is 32.4. The molecule has 8 nitrogen and oxygen atoms in total. The Morgan fingerprint density at radius 3 is 2.73 bits per heavy atom. The van der Waals surface area contributed by atoms with Crippen molar-refractivity contribution in [1.29, 1.82) is 0 Å². The summed E-state index contributed by atoms with van der Waals surface area (Å²) in [5, 5.41) is 4.47. The third kappa shape index (κ3) is 3.63. The highest BCUT2D eigenvalue weighted by Gasteiger charge is 2.16. The summed E-state index contributed by atoms with van der Waals surface area (Å²) in [7, 11) is 1.58. The summed E-state index contributed by atoms with van der Waals surface area (Å²) in [6.07, 6.45) is 0.750. The number of methoxy groups -OCH3 is 1. The first kappa shape index (κ1) is 19.6. The molecule has 0 aliphatic rings. The lowest BCUT2D eigenvalue weighted by Gasteiger charge is -2.08. The standard InChI is InChI=1S/C22H22N4O4/c1-13(2)10-11-26-21(27)15-9-8-14(12-17(15)23-22(26)28)20-24-19(25-30-20)16-6-4-5-7-18(16)29-3/h4-9,12-13H,10-11H2,1-3H3,(H,23,28). The molecule has 0 aliphatic heterocycles. The minimum atomic E-state index is -0.425. The van der Waals surface area contributed by atoms with Crippen molar-refractivity contribution >= 4 is 10.9 Å². The molecular formula is C22H22N4O4. The zero-order valence-corrected chi connectivity index (χ0v) is 17.0. The van der Waals surface area contributed by atoms with Gasteiger partial charge in [0.05, 0.1) is 23.6 Å². The predicted molar refractivity (Wildman–Crippen MR) is 114 cm³/mol. The van der Waals surface area contributed by atoms with Crippen LogP contribution in [0.5, 0.6) is 5.75 Å². The molecule has 0 unspecified atom stereocenters. The first-order chi connectivity index (χ1) is 14.5. The van der Waals surface area contributed by atoms with Gasteiger partial charge in [0.1, 0.15) is 5.75 Å². The van der Waals surface area contributed by atoms with Gasteiger partial charge in [0.25, 0.3) is 11.4 Å². The number of benzene rings is 2. The van der Waals surface area contributed by atoms with Crippen LogP contribution in [0, 0.1) is 5.92 Å². The maximum Gasteiger partial charge on any atom is 0.328 e. The van der Waals surface area contributed by atoms with Crippen molar-refractivity contribution in [2.45, 2.75) is 26.8 Å². The van der Waals surface area contributed by atoms with Gasteiger partial charge >= 0.3 is 5.69 Å². The van der Waals surface area contributed by atoms with Gasteiger partial charge in [-0.1, -0.05) is 31.1 Å². The first-order valence-corrected chi connectivity index (χ1v) is 9.72. The van der Waals surface area contributed by atoms with Crippen LogP contribution >= 0.6 is 0 Å². The molecule has 4 rings (SSSR count). The molecule has 8 heteroatoms. The average molecular weight is 406 g/mol. The maximum atomic E-state index is 12.7. The molecular weight excluding hydrogens is 384 g/mol. The van der Waals surface area contributed by atoms with Gasteiger partial charge in [0.2, 0.25) is 5.82 Å². The van der Waals surface area contributed by atoms with Gasteiger partial charge in [-0.25, -0.2) is 4.79 Å². The highest BCUT2D eigenvalue weighted by Crippen LogP contribution is 2.29. The van der Waals surface area contributed by atoms with Crippen molar-refractivity contribution < 1.29 is 9.26 Å². The summed E-state index contributed by atoms with van der Waals surface area (Å²) < 4.78 is 12.0. The molecule has 0 fully saturated rings. The molecule has 0 saturated carbocycles. The predicted octanol–water partition coefficient (Wildman–Crippen LogP) is 3.46. The fraction of sp³-hybridized carbons (Fsp3) is 0.273. The monoisotopic (exact) mass is 406 g/mol. The molecule has 154 valence electrons. The maximum absolute atomic E-state index is 12.7. The lowest BCUT2D eigenvalue weighted by molar-refractivity contribution is 0.413. The van der Waals surface area contributed by atoms with E-state index >= 15 is 0 Å². The van der Waals surface area contributed by atoms with Gasteiger partial charge in [-0.05, 0) is 42.7 Å². The SMILES string of the molecule is COc1ccccc1-c1noc(-c2ccc3c(=O)n(CCC(C)C)c(=O)[nH]c3c2)n1. The van der Waals surface area contributed by atoms with E-state index in [0.29, 0.717) is 46.1 Å². The van der Waals surface area contributed by atoms with Crippen molar-refractivity contribution in [3.8, 4) is 28.6 Å². The summed E-state index contributed by atoms with van der Waals surface area (Å²) in [5.74, 6) is 1.70. The van der Waals surface area contributed by atoms with Crippen LogP contribution < -0.4 is 16.0 Å². The van der Waals surface area contributed by atoms with Crippen molar-refractivity contribution in [3.63, 3.8) is 0 Å². The first-order valence-electron chi connectivity index (χ1n) is 9.72. The van der Waals surface area contributed by atoms with E-state index in [9.17, 15) is 9.59 Å². The van der Waals surface area contributed by atoms with E-state index in [0.717, 1.165) is 6.42 Å². The van der Waals surface area contributed by atoms with Crippen molar-refractivity contribution in [3.05, 3.63) is 63.3 Å². The van der Waals surface area contributed by atoms with Crippen LogP contribution in [0.2, 0.25) is 0 Å². The Balaban J connectivity index is 1.73. The number of rotatable bonds is 6. The van der Waals surface area contributed by atoms with E-state index in [-0.39, 0.29) is 11.4 Å². The Hall–Kier alpha value is -3.68. The molecule has 2 aromatic heterocycles. The van der Waals surface area contributed by atoms with Crippen molar-refractivity contribution in [2.75, 3.05) is 7.11 Å². The number of aromatic nitrogens is 4. The Kier molecular flexibility index (Phi) is 5.22. The number of fused-ring (bicyclic) bond motifs is 1. The molecule has 0 spiro atoms. The van der Waals surface area contributed by atoms with Crippen LogP contribution in [0.4, 0.5) is 0 Å². The Morgan fingerprint density at radius 2 is 1.97 bits per heavy atom. The number of ether oxygens (including phenoxy) is 1. The fourth-order valence-electron chi connectivity index (χ4n) is 3.26. The van der Waals surface area contributed by atoms with Crippen LogP contribution in [0.15, 0.2) is 56.6 Å². The van der Waals surface area contributed by atoms with E-state index in [1.165, 1.54) is 4.57 Å². The molecule has 0 amide bonds. The molecule has 0 atom stereocenters. The normalized spacial score (nSPS) is 11.3. The van der Waals surface area contributed by atoms with Gasteiger partial charge in [0, 0.05) is 12.1 Å². The van der Waals surface area contributed by atoms with Crippen LogP contribution in [0.25, 0.3) is 33.7 Å². The van der Waals surface area contributed by atoms with Crippen LogP contribution in [0.1, 0.15) is 20.3 Å². The second-order valence-corrected chi connectivity index (χ2v) is 7.45. The summed E-state index contributed by atoms with van der Waals surface area (Å²) in [5.41, 5.74) is 1.01. The van der Waals surface area contributed by atoms with E-state index < -0.39 is 5.69 Å². The number of hydrogen-bond acceptors (Lipinski definition) is 6. The second kappa shape index (κ2) is 7.98. The van der Waals surface area contributed by atoms with Crippen molar-refractivity contribution in [2.24, 2.45) is 5.92 Å². The Bertz CT molecular complexity index is 1320. The van der Waals surface area contributed by atoms with Crippen molar-refractivity contribution in [1.82, 2.24) is 19.7 Å². The van der Waals surface area contributed by atoms with E-state index in [1.54, 1.807) is 25.3 Å². The summed E-state index contributed by atoms with van der Waals surface area (Å²) in [6, 6.07) is 12.4. The van der Waals surface area contributed by atoms with Crippen LogP contribution in [-0.4, -0.2) is 26.8 Å². The zero-order chi connectivity index (χ0) is 21.3. The zero-order valence-electron chi connectivity index (χ0n) is 17.0. The smallest absolute Gasteiger partial charge is 0.328 e. The Labute approximate surface area is 172 Å². The quantitative estimate of drug-likeness (QED) is 0.526. The minimum absolute atomic E-state index is 0.280. The second-order valence-electron chi connectivity index (χ2n) is 7.45. The lowest BCUT2D eigenvalue weighted by atomic mass is 10.1. The lowest BCUT2D eigenvalue weighted by Crippen LogP contribution is -2.35. The molecule has 1 N–H and O–H groups in total. The molecule has 2 aromatic carbocycles. The molecule has 30 heavy (non-hydrogen) atoms. The minimum Gasteiger partial charge on any atom is -0.496 e. The van der Waals surface area contributed by atoms with Crippen LogP contribution in [-0.2, 0) is 6.54 Å². The number of H-pyrrole nitrogens is 1. The van der Waals surface area contributed by atoms with Crippen LogP contribution in [0.3, 0.4) is 0 Å². The highest BCUT2D eigenvalue weighted by molar-refractivity contribution is 5.82. The highest BCUT2D eigenvalue weighted by atomic mass is 16.5. The van der Waals surface area contributed by atoms with Gasteiger partial charge in [-0.15, -0.1) is 0 Å². The fourth-order valence-corrected chi connectivity index (χ4v) is 3.26. The number of aromatic amines is 1. The van der Waals surface area contributed by atoms with E-state index in [1.807, 2.05) is 24.3 Å². The Morgan fingerprint density at radius 1 is 1.17 bits per heavy atom. The topological polar surface area (TPSA) is 103 Å². The van der Waals surface area contributed by atoms with E-state index in [4.69, 9.17) is 9.26 Å². The summed E-state index contributed by atoms with van der Waals surface area (Å²) in [6.45, 7) is 4.49. The number of nitrogens with zero attached hydrogens (tertiary/aromatic N) is 3. The third-order valence-electron chi connectivity index (χ3n) is 4.93. The molecule has 4 aromatic rings. The van der Waals surface area contributed by atoms with Gasteiger partial charge in [-0.3, -0.25) is 9.36 Å². The van der Waals surface area contributed by atoms with Gasteiger partial charge in [-0.2, -0.15) is 4.98 Å². The summed E-state index contributed by atoms with van der Waals surface area (Å²) >= 11 is 0. The molecule has 0 saturated heterocycles. The number of hydrogen-bond donors (Lipinski definition) is 1. The number of para-hydroxylation sites is 1.